The topological polar surface area (TPSA) is 41.3 Å². The second-order valence-electron chi connectivity index (χ2n) is 8.18. The van der Waals surface area contributed by atoms with Crippen LogP contribution in [0.2, 0.25) is 5.02 Å². The lowest BCUT2D eigenvalue weighted by molar-refractivity contribution is 0.439. The van der Waals surface area contributed by atoms with E-state index in [1.165, 1.54) is 5.56 Å². The van der Waals surface area contributed by atoms with Gasteiger partial charge in [-0.3, -0.25) is 4.98 Å². The largest absolute Gasteiger partial charge is 0.459 e. The molecule has 0 bridgehead atoms. The number of hydrogen-bond acceptors (Lipinski definition) is 3. The third-order valence-electron chi connectivity index (χ3n) is 6.10. The summed E-state index contributed by atoms with van der Waals surface area (Å²) in [5, 5.41) is 4.85. The number of hydrogen-bond donors (Lipinski definition) is 1. The van der Waals surface area contributed by atoms with Crippen molar-refractivity contribution in [2.45, 2.75) is 32.4 Å². The lowest BCUT2D eigenvalue weighted by Crippen LogP contribution is -2.29. The van der Waals surface area contributed by atoms with Gasteiger partial charge in [0.2, 0.25) is 0 Å². The van der Waals surface area contributed by atoms with Crippen molar-refractivity contribution in [1.82, 2.24) is 10.3 Å². The van der Waals surface area contributed by atoms with Crippen molar-refractivity contribution in [1.29, 1.82) is 0 Å². The number of nitrogens with zero attached hydrogens (tertiary/aromatic N) is 2. The van der Waals surface area contributed by atoms with Gasteiger partial charge in [-0.1, -0.05) is 48.9 Å². The zero-order valence-corrected chi connectivity index (χ0v) is 20.0. The molecule has 0 aliphatic carbocycles. The average molecular weight is 474 g/mol. The molecule has 0 radical (unpaired) electrons. The first-order valence-corrected chi connectivity index (χ1v) is 11.8. The van der Waals surface area contributed by atoms with Crippen molar-refractivity contribution in [3.8, 4) is 11.3 Å². The number of aromatic nitrogens is 1. The van der Waals surface area contributed by atoms with Gasteiger partial charge in [-0.25, -0.2) is 0 Å². The molecule has 2 aromatic heterocycles. The molecule has 4 nitrogen and oxygen atoms in total. The summed E-state index contributed by atoms with van der Waals surface area (Å²) < 4.78 is 6.42. The summed E-state index contributed by atoms with van der Waals surface area (Å²) in [6.07, 6.45) is 2.79. The van der Waals surface area contributed by atoms with Crippen LogP contribution in [0.1, 0.15) is 41.6 Å². The van der Waals surface area contributed by atoms with Crippen molar-refractivity contribution >= 4 is 34.6 Å². The smallest absolute Gasteiger partial charge is 0.174 e. The SMILES string of the molecule is CCc1ccc(N2C(=S)N[C@H](c3ccccn3)[C@H]2c2ccc(-c3ccc(C)c(Cl)c3)o2)cc1. The van der Waals surface area contributed by atoms with Crippen LogP contribution in [0.4, 0.5) is 5.69 Å². The molecule has 2 atom stereocenters. The standard InChI is InChI=1S/C27H24ClN3OS/c1-3-18-8-11-20(12-9-18)31-26(25(30-27(31)33)22-6-4-5-15-29-22)24-14-13-23(32-24)19-10-7-17(2)21(28)16-19/h4-16,25-26H,3H2,1-2H3,(H,30,33)/t25-,26-/m1/s1. The number of benzene rings is 2. The first kappa shape index (κ1) is 21.7. The quantitative estimate of drug-likeness (QED) is 0.315. The monoisotopic (exact) mass is 473 g/mol. The Morgan fingerprint density at radius 2 is 1.88 bits per heavy atom. The fourth-order valence-corrected chi connectivity index (χ4v) is 4.75. The molecule has 2 aromatic carbocycles. The van der Waals surface area contributed by atoms with Gasteiger partial charge in [0.1, 0.15) is 17.6 Å². The maximum atomic E-state index is 6.42. The molecule has 4 aromatic rings. The van der Waals surface area contributed by atoms with Gasteiger partial charge >= 0.3 is 0 Å². The fraction of sp³-hybridized carbons (Fsp3) is 0.185. The number of rotatable bonds is 5. The first-order chi connectivity index (χ1) is 16.0. The van der Waals surface area contributed by atoms with E-state index in [1.807, 2.05) is 55.5 Å². The predicted molar refractivity (Wildman–Crippen MR) is 138 cm³/mol. The van der Waals surface area contributed by atoms with Crippen LogP contribution in [-0.2, 0) is 6.42 Å². The number of aryl methyl sites for hydroxylation is 2. The molecule has 1 aliphatic rings. The summed E-state index contributed by atoms with van der Waals surface area (Å²) in [5.74, 6) is 1.58. The molecule has 1 saturated heterocycles. The van der Waals surface area contributed by atoms with Gasteiger partial charge in [0.15, 0.2) is 5.11 Å². The molecule has 3 heterocycles. The number of furan rings is 1. The highest BCUT2D eigenvalue weighted by molar-refractivity contribution is 7.80. The molecule has 1 N–H and O–H groups in total. The zero-order chi connectivity index (χ0) is 22.9. The van der Waals surface area contributed by atoms with Gasteiger partial charge in [-0.15, -0.1) is 0 Å². The van der Waals surface area contributed by atoms with E-state index in [2.05, 4.69) is 46.4 Å². The summed E-state index contributed by atoms with van der Waals surface area (Å²) in [4.78, 5) is 6.73. The molecular weight excluding hydrogens is 450 g/mol. The Hall–Kier alpha value is -3.15. The van der Waals surface area contributed by atoms with Crippen LogP contribution in [0.25, 0.3) is 11.3 Å². The Morgan fingerprint density at radius 3 is 2.58 bits per heavy atom. The van der Waals surface area contributed by atoms with Crippen LogP contribution < -0.4 is 10.2 Å². The predicted octanol–water partition coefficient (Wildman–Crippen LogP) is 7.04. The van der Waals surface area contributed by atoms with Crippen molar-refractivity contribution in [3.63, 3.8) is 0 Å². The molecule has 0 amide bonds. The maximum Gasteiger partial charge on any atom is 0.174 e. The lowest BCUT2D eigenvalue weighted by Gasteiger charge is -2.26. The number of thiocarbonyl (C=S) groups is 1. The maximum absolute atomic E-state index is 6.42. The summed E-state index contributed by atoms with van der Waals surface area (Å²) in [7, 11) is 0. The van der Waals surface area contributed by atoms with Gasteiger partial charge in [0.25, 0.3) is 0 Å². The van der Waals surface area contributed by atoms with Crippen LogP contribution >= 0.6 is 23.8 Å². The minimum absolute atomic E-state index is 0.148. The minimum Gasteiger partial charge on any atom is -0.459 e. The van der Waals surface area contributed by atoms with Crippen molar-refractivity contribution in [2.75, 3.05) is 4.90 Å². The zero-order valence-electron chi connectivity index (χ0n) is 18.5. The lowest BCUT2D eigenvalue weighted by atomic mass is 10.0. The summed E-state index contributed by atoms with van der Waals surface area (Å²) in [6.45, 7) is 4.14. The molecule has 5 rings (SSSR count). The summed E-state index contributed by atoms with van der Waals surface area (Å²) in [6, 6.07) is 24.1. The van der Waals surface area contributed by atoms with Crippen molar-refractivity contribution in [2.24, 2.45) is 0 Å². The van der Waals surface area contributed by atoms with E-state index in [9.17, 15) is 0 Å². The van der Waals surface area contributed by atoms with Gasteiger partial charge in [0.05, 0.1) is 11.7 Å². The van der Waals surface area contributed by atoms with Crippen molar-refractivity contribution in [3.05, 3.63) is 107 Å². The number of nitrogens with one attached hydrogen (secondary N) is 1. The highest BCUT2D eigenvalue weighted by Crippen LogP contribution is 2.43. The molecule has 166 valence electrons. The Kier molecular flexibility index (Phi) is 5.92. The normalized spacial score (nSPS) is 17.9. The Labute approximate surface area is 204 Å². The first-order valence-electron chi connectivity index (χ1n) is 11.0. The van der Waals surface area contributed by atoms with Gasteiger partial charge in [0, 0.05) is 22.5 Å². The van der Waals surface area contributed by atoms with E-state index in [4.69, 9.17) is 28.2 Å². The summed E-state index contributed by atoms with van der Waals surface area (Å²) in [5.41, 5.74) is 5.19. The number of halogens is 1. The van der Waals surface area contributed by atoms with E-state index < -0.39 is 0 Å². The highest BCUT2D eigenvalue weighted by atomic mass is 35.5. The molecular formula is C27H24ClN3OS. The molecule has 1 aliphatic heterocycles. The van der Waals surface area contributed by atoms with E-state index in [1.54, 1.807) is 6.20 Å². The third kappa shape index (κ3) is 4.14. The Morgan fingerprint density at radius 1 is 1.06 bits per heavy atom. The van der Waals surface area contributed by atoms with Crippen LogP contribution in [0.15, 0.2) is 83.4 Å². The van der Waals surface area contributed by atoms with Crippen LogP contribution in [-0.4, -0.2) is 10.1 Å². The fourth-order valence-electron chi connectivity index (χ4n) is 4.23. The third-order valence-corrected chi connectivity index (χ3v) is 6.82. The van der Waals surface area contributed by atoms with E-state index in [0.717, 1.165) is 45.5 Å². The minimum atomic E-state index is -0.186. The van der Waals surface area contributed by atoms with E-state index in [0.29, 0.717) is 5.11 Å². The van der Waals surface area contributed by atoms with Crippen LogP contribution in [0.5, 0.6) is 0 Å². The molecule has 6 heteroatoms. The van der Waals surface area contributed by atoms with Crippen molar-refractivity contribution < 1.29 is 4.42 Å². The van der Waals surface area contributed by atoms with Crippen LogP contribution in [0.3, 0.4) is 0 Å². The van der Waals surface area contributed by atoms with Gasteiger partial charge in [-0.2, -0.15) is 0 Å². The molecule has 33 heavy (non-hydrogen) atoms. The Bertz CT molecular complexity index is 1290. The Balaban J connectivity index is 1.58. The molecule has 0 unspecified atom stereocenters. The van der Waals surface area contributed by atoms with Gasteiger partial charge < -0.3 is 14.6 Å². The van der Waals surface area contributed by atoms with Gasteiger partial charge in [-0.05, 0) is 79.2 Å². The second kappa shape index (κ2) is 9.00. The molecule has 0 saturated carbocycles. The van der Waals surface area contributed by atoms with E-state index in [-0.39, 0.29) is 12.1 Å². The average Bonchev–Trinajstić information content (AvgIpc) is 3.46. The van der Waals surface area contributed by atoms with E-state index >= 15 is 0 Å². The molecule has 0 spiro atoms. The molecule has 1 fully saturated rings. The number of pyridine rings is 1. The highest BCUT2D eigenvalue weighted by Gasteiger charge is 2.42. The summed E-state index contributed by atoms with van der Waals surface area (Å²) >= 11 is 12.2. The second-order valence-corrected chi connectivity index (χ2v) is 8.98. The van der Waals surface area contributed by atoms with Crippen LogP contribution in [0, 0.1) is 6.92 Å². The number of anilines is 1.